The number of ether oxygens (including phenoxy) is 1. The van der Waals surface area contributed by atoms with E-state index in [0.717, 1.165) is 16.1 Å². The standard InChI is InChI=1S/C16H15N3O2S2/c20-16(12-8-17-18-15(12)11-3-7-22-10-11)19-4-5-21-13(9-19)14-2-1-6-23-14/h1-3,6-8,10,13H,4-5,9H2,(H,17,18)/t13-/m1/s1. The van der Waals surface area contributed by atoms with Crippen LogP contribution in [0.5, 0.6) is 0 Å². The highest BCUT2D eigenvalue weighted by molar-refractivity contribution is 7.10. The van der Waals surface area contributed by atoms with E-state index >= 15 is 0 Å². The fourth-order valence-corrected chi connectivity index (χ4v) is 4.14. The van der Waals surface area contributed by atoms with E-state index in [1.165, 1.54) is 0 Å². The lowest BCUT2D eigenvalue weighted by Gasteiger charge is -2.32. The van der Waals surface area contributed by atoms with Gasteiger partial charge < -0.3 is 9.64 Å². The molecule has 3 aromatic heterocycles. The van der Waals surface area contributed by atoms with Crippen molar-refractivity contribution in [2.45, 2.75) is 6.10 Å². The Morgan fingerprint density at radius 1 is 1.39 bits per heavy atom. The van der Waals surface area contributed by atoms with Crippen molar-refractivity contribution in [3.63, 3.8) is 0 Å². The number of thiophene rings is 2. The molecule has 0 aromatic carbocycles. The van der Waals surface area contributed by atoms with Crippen LogP contribution in [0, 0.1) is 0 Å². The van der Waals surface area contributed by atoms with Crippen LogP contribution in [0.3, 0.4) is 0 Å². The maximum atomic E-state index is 12.9. The minimum Gasteiger partial charge on any atom is -0.369 e. The molecule has 7 heteroatoms. The fourth-order valence-electron chi connectivity index (χ4n) is 2.73. The Hall–Kier alpha value is -1.96. The Labute approximate surface area is 141 Å². The number of hydrogen-bond donors (Lipinski definition) is 1. The predicted octanol–water partition coefficient (Wildman–Crippen LogP) is 3.41. The zero-order valence-electron chi connectivity index (χ0n) is 12.3. The first-order chi connectivity index (χ1) is 11.3. The molecule has 1 fully saturated rings. The van der Waals surface area contributed by atoms with Crippen molar-refractivity contribution in [3.8, 4) is 11.3 Å². The molecule has 1 amide bonds. The average Bonchev–Trinajstić information content (AvgIpc) is 3.35. The Morgan fingerprint density at radius 3 is 3.13 bits per heavy atom. The molecule has 5 nitrogen and oxygen atoms in total. The van der Waals surface area contributed by atoms with Gasteiger partial charge in [0.1, 0.15) is 6.10 Å². The molecule has 1 N–H and O–H groups in total. The fraction of sp³-hybridized carbons (Fsp3) is 0.250. The number of rotatable bonds is 3. The molecule has 1 saturated heterocycles. The van der Waals surface area contributed by atoms with Crippen LogP contribution in [-0.2, 0) is 4.74 Å². The highest BCUT2D eigenvalue weighted by Gasteiger charge is 2.28. The third-order valence-corrected chi connectivity index (χ3v) is 5.54. The lowest BCUT2D eigenvalue weighted by molar-refractivity contribution is -0.0211. The number of aromatic nitrogens is 2. The quantitative estimate of drug-likeness (QED) is 0.791. The van der Waals surface area contributed by atoms with Gasteiger partial charge in [-0.2, -0.15) is 16.4 Å². The van der Waals surface area contributed by atoms with E-state index in [0.29, 0.717) is 25.3 Å². The number of nitrogens with zero attached hydrogens (tertiary/aromatic N) is 2. The van der Waals surface area contributed by atoms with E-state index in [1.807, 2.05) is 33.2 Å². The molecular weight excluding hydrogens is 330 g/mol. The second-order valence-electron chi connectivity index (χ2n) is 5.30. The van der Waals surface area contributed by atoms with Gasteiger partial charge in [0.25, 0.3) is 5.91 Å². The third-order valence-electron chi connectivity index (χ3n) is 3.89. The van der Waals surface area contributed by atoms with Crippen molar-refractivity contribution in [1.82, 2.24) is 15.1 Å². The van der Waals surface area contributed by atoms with Gasteiger partial charge in [0, 0.05) is 22.4 Å². The molecule has 1 aliphatic rings. The van der Waals surface area contributed by atoms with E-state index in [1.54, 1.807) is 28.9 Å². The summed E-state index contributed by atoms with van der Waals surface area (Å²) in [7, 11) is 0. The summed E-state index contributed by atoms with van der Waals surface area (Å²) in [6.07, 6.45) is 1.58. The molecule has 0 unspecified atom stereocenters. The maximum Gasteiger partial charge on any atom is 0.257 e. The lowest BCUT2D eigenvalue weighted by Crippen LogP contribution is -2.42. The Balaban J connectivity index is 1.56. The first-order valence-electron chi connectivity index (χ1n) is 7.33. The summed E-state index contributed by atoms with van der Waals surface area (Å²) in [5.41, 5.74) is 2.41. The zero-order chi connectivity index (χ0) is 15.6. The highest BCUT2D eigenvalue weighted by Crippen LogP contribution is 2.29. The SMILES string of the molecule is O=C(c1cn[nH]c1-c1ccsc1)N1CCO[C@@H](c2cccs2)C1. The number of hydrogen-bond acceptors (Lipinski definition) is 5. The van der Waals surface area contributed by atoms with E-state index in [-0.39, 0.29) is 12.0 Å². The van der Waals surface area contributed by atoms with Crippen LogP contribution in [-0.4, -0.2) is 40.7 Å². The van der Waals surface area contributed by atoms with Crippen molar-refractivity contribution in [1.29, 1.82) is 0 Å². The van der Waals surface area contributed by atoms with E-state index in [4.69, 9.17) is 4.74 Å². The molecule has 0 spiro atoms. The van der Waals surface area contributed by atoms with Crippen LogP contribution in [0.1, 0.15) is 21.3 Å². The number of carbonyl (C=O) groups excluding carboxylic acids is 1. The maximum absolute atomic E-state index is 12.9. The van der Waals surface area contributed by atoms with Crippen molar-refractivity contribution < 1.29 is 9.53 Å². The molecule has 1 atom stereocenters. The van der Waals surface area contributed by atoms with Crippen LogP contribution < -0.4 is 0 Å². The van der Waals surface area contributed by atoms with Crippen LogP contribution in [0.15, 0.2) is 40.5 Å². The van der Waals surface area contributed by atoms with Crippen LogP contribution in [0.25, 0.3) is 11.3 Å². The van der Waals surface area contributed by atoms with Gasteiger partial charge in [-0.25, -0.2) is 0 Å². The smallest absolute Gasteiger partial charge is 0.257 e. The number of carbonyl (C=O) groups is 1. The molecule has 3 aromatic rings. The highest BCUT2D eigenvalue weighted by atomic mass is 32.1. The number of H-pyrrole nitrogens is 1. The predicted molar refractivity (Wildman–Crippen MR) is 90.8 cm³/mol. The molecule has 118 valence electrons. The number of nitrogens with one attached hydrogen (secondary N) is 1. The first kappa shape index (κ1) is 14.6. The van der Waals surface area contributed by atoms with Gasteiger partial charge in [0.05, 0.1) is 30.6 Å². The largest absolute Gasteiger partial charge is 0.369 e. The van der Waals surface area contributed by atoms with E-state index in [9.17, 15) is 4.79 Å². The van der Waals surface area contributed by atoms with Crippen molar-refractivity contribution in [3.05, 3.63) is 51.0 Å². The normalized spacial score (nSPS) is 18.3. The van der Waals surface area contributed by atoms with Crippen molar-refractivity contribution in [2.75, 3.05) is 19.7 Å². The average molecular weight is 345 g/mol. The first-order valence-corrected chi connectivity index (χ1v) is 9.15. The summed E-state index contributed by atoms with van der Waals surface area (Å²) in [6.45, 7) is 1.74. The molecule has 0 bridgehead atoms. The van der Waals surface area contributed by atoms with Crippen LogP contribution in [0.4, 0.5) is 0 Å². The number of amides is 1. The van der Waals surface area contributed by atoms with Gasteiger partial charge in [-0.3, -0.25) is 9.89 Å². The number of morpholine rings is 1. The number of aromatic amines is 1. The molecule has 4 rings (SSSR count). The molecule has 4 heterocycles. The Morgan fingerprint density at radius 2 is 2.35 bits per heavy atom. The van der Waals surface area contributed by atoms with Gasteiger partial charge in [0.15, 0.2) is 0 Å². The second kappa shape index (κ2) is 6.27. The molecule has 1 aliphatic heterocycles. The minimum atomic E-state index is -0.0378. The lowest BCUT2D eigenvalue weighted by atomic mass is 10.1. The van der Waals surface area contributed by atoms with Crippen LogP contribution >= 0.6 is 22.7 Å². The van der Waals surface area contributed by atoms with Gasteiger partial charge >= 0.3 is 0 Å². The summed E-state index contributed by atoms with van der Waals surface area (Å²) in [5, 5.41) is 13.0. The summed E-state index contributed by atoms with van der Waals surface area (Å²) in [6, 6.07) is 6.05. The van der Waals surface area contributed by atoms with Crippen molar-refractivity contribution >= 4 is 28.6 Å². The molecule has 0 radical (unpaired) electrons. The van der Waals surface area contributed by atoms with Gasteiger partial charge in [-0.05, 0) is 22.9 Å². The minimum absolute atomic E-state index is 0.00445. The summed E-state index contributed by atoms with van der Waals surface area (Å²) >= 11 is 3.26. The van der Waals surface area contributed by atoms with Gasteiger partial charge in [-0.1, -0.05) is 6.07 Å². The zero-order valence-corrected chi connectivity index (χ0v) is 13.9. The third kappa shape index (κ3) is 2.83. The van der Waals surface area contributed by atoms with E-state index in [2.05, 4.69) is 16.3 Å². The summed E-state index contributed by atoms with van der Waals surface area (Å²) in [4.78, 5) is 15.9. The van der Waals surface area contributed by atoms with Crippen LogP contribution in [0.2, 0.25) is 0 Å². The summed E-state index contributed by atoms with van der Waals surface area (Å²) < 4.78 is 5.82. The molecule has 0 saturated carbocycles. The molecule has 0 aliphatic carbocycles. The monoisotopic (exact) mass is 345 g/mol. The van der Waals surface area contributed by atoms with E-state index < -0.39 is 0 Å². The summed E-state index contributed by atoms with van der Waals surface area (Å²) in [5.74, 6) is 0.00445. The van der Waals surface area contributed by atoms with Gasteiger partial charge in [0.2, 0.25) is 0 Å². The van der Waals surface area contributed by atoms with Gasteiger partial charge in [-0.15, -0.1) is 11.3 Å². The topological polar surface area (TPSA) is 58.2 Å². The second-order valence-corrected chi connectivity index (χ2v) is 7.06. The van der Waals surface area contributed by atoms with Crippen molar-refractivity contribution in [2.24, 2.45) is 0 Å². The molecular formula is C16H15N3O2S2. The Kier molecular flexibility index (Phi) is 3.99. The Bertz CT molecular complexity index is 780. The molecule has 23 heavy (non-hydrogen) atoms.